The smallest absolute Gasteiger partial charge is 0.321 e. The Hall–Kier alpha value is -3.01. The van der Waals surface area contributed by atoms with Crippen LogP contribution in [0, 0.1) is 18.3 Å². The van der Waals surface area contributed by atoms with Gasteiger partial charge in [0.2, 0.25) is 0 Å². The number of hydrogen-bond donors (Lipinski definition) is 1. The number of rotatable bonds is 3. The lowest BCUT2D eigenvalue weighted by Gasteiger charge is -2.20. The molecular formula is C18H22N6O. The summed E-state index contributed by atoms with van der Waals surface area (Å²) in [4.78, 5) is 16.3. The molecular weight excluding hydrogens is 316 g/mol. The molecule has 130 valence electrons. The number of nitrogens with zero attached hydrogens (tertiary/aromatic N) is 5. The lowest BCUT2D eigenvalue weighted by Crippen LogP contribution is -2.33. The summed E-state index contributed by atoms with van der Waals surface area (Å²) in [6, 6.07) is 7.74. The van der Waals surface area contributed by atoms with E-state index in [9.17, 15) is 10.1 Å². The summed E-state index contributed by atoms with van der Waals surface area (Å²) >= 11 is 0. The van der Waals surface area contributed by atoms with Crippen molar-refractivity contribution in [3.8, 4) is 6.07 Å². The van der Waals surface area contributed by atoms with Crippen LogP contribution in [-0.2, 0) is 0 Å². The number of urea groups is 1. The average Bonchev–Trinajstić information content (AvgIpc) is 3.26. The Bertz CT molecular complexity index is 806. The number of anilines is 2. The fourth-order valence-electron chi connectivity index (χ4n) is 3.21. The zero-order valence-corrected chi connectivity index (χ0v) is 14.7. The standard InChI is InChI=1S/C18H22N6O/c1-13-9-16(14(11-19)10-17(13)22(2)3)21-18(25)23-8-5-15(12-23)24-7-4-6-20-24/h4,6-7,9-10,15H,5,8,12H2,1-3H3,(H,21,25). The maximum atomic E-state index is 12.6. The topological polar surface area (TPSA) is 77.2 Å². The van der Waals surface area contributed by atoms with Crippen molar-refractivity contribution in [3.05, 3.63) is 41.7 Å². The first-order valence-electron chi connectivity index (χ1n) is 8.26. The van der Waals surface area contributed by atoms with Gasteiger partial charge in [0.05, 0.1) is 17.3 Å². The zero-order chi connectivity index (χ0) is 18.0. The van der Waals surface area contributed by atoms with Gasteiger partial charge in [0.15, 0.2) is 0 Å². The molecule has 7 nitrogen and oxygen atoms in total. The van der Waals surface area contributed by atoms with Crippen molar-refractivity contribution >= 4 is 17.4 Å². The summed E-state index contributed by atoms with van der Waals surface area (Å²) in [5.74, 6) is 0. The Morgan fingerprint density at radius 1 is 1.44 bits per heavy atom. The molecule has 1 aromatic carbocycles. The molecule has 2 heterocycles. The second-order valence-corrected chi connectivity index (χ2v) is 6.50. The number of likely N-dealkylation sites (tertiary alicyclic amines) is 1. The Morgan fingerprint density at radius 3 is 2.88 bits per heavy atom. The highest BCUT2D eigenvalue weighted by molar-refractivity contribution is 5.91. The predicted molar refractivity (Wildman–Crippen MR) is 96.7 cm³/mol. The summed E-state index contributed by atoms with van der Waals surface area (Å²) in [5.41, 5.74) is 2.99. The van der Waals surface area contributed by atoms with Crippen molar-refractivity contribution in [2.75, 3.05) is 37.4 Å². The molecule has 2 aromatic rings. The SMILES string of the molecule is Cc1cc(NC(=O)N2CCC(n3cccn3)C2)c(C#N)cc1N(C)C. The number of benzene rings is 1. The van der Waals surface area contributed by atoms with E-state index in [0.29, 0.717) is 24.3 Å². The van der Waals surface area contributed by atoms with E-state index >= 15 is 0 Å². The summed E-state index contributed by atoms with van der Waals surface area (Å²) < 4.78 is 1.89. The molecule has 1 aromatic heterocycles. The van der Waals surface area contributed by atoms with Gasteiger partial charge in [0, 0.05) is 45.3 Å². The van der Waals surface area contributed by atoms with Crippen molar-refractivity contribution < 1.29 is 4.79 Å². The minimum Gasteiger partial charge on any atom is -0.377 e. The molecule has 1 fully saturated rings. The van der Waals surface area contributed by atoms with E-state index in [1.54, 1.807) is 11.1 Å². The first-order valence-corrected chi connectivity index (χ1v) is 8.26. The summed E-state index contributed by atoms with van der Waals surface area (Å²) in [7, 11) is 3.86. The van der Waals surface area contributed by atoms with Crippen LogP contribution in [-0.4, -0.2) is 47.9 Å². The number of hydrogen-bond acceptors (Lipinski definition) is 4. The van der Waals surface area contributed by atoms with Crippen LogP contribution in [0.1, 0.15) is 23.6 Å². The molecule has 0 saturated carbocycles. The second kappa shape index (κ2) is 6.85. The third-order valence-electron chi connectivity index (χ3n) is 4.53. The van der Waals surface area contributed by atoms with Gasteiger partial charge in [-0.3, -0.25) is 4.68 Å². The molecule has 1 unspecified atom stereocenters. The predicted octanol–water partition coefficient (Wildman–Crippen LogP) is 2.61. The van der Waals surface area contributed by atoms with Gasteiger partial charge in [0.25, 0.3) is 0 Å². The van der Waals surface area contributed by atoms with Crippen LogP contribution < -0.4 is 10.2 Å². The number of aromatic nitrogens is 2. The number of carbonyl (C=O) groups is 1. The van der Waals surface area contributed by atoms with Crippen LogP contribution in [0.2, 0.25) is 0 Å². The number of nitrogens with one attached hydrogen (secondary N) is 1. The van der Waals surface area contributed by atoms with E-state index in [2.05, 4.69) is 16.5 Å². The third kappa shape index (κ3) is 3.43. The lowest BCUT2D eigenvalue weighted by atomic mass is 10.1. The molecule has 0 radical (unpaired) electrons. The monoisotopic (exact) mass is 338 g/mol. The molecule has 0 spiro atoms. The fourth-order valence-corrected chi connectivity index (χ4v) is 3.21. The van der Waals surface area contributed by atoms with E-state index in [1.807, 2.05) is 55.0 Å². The molecule has 25 heavy (non-hydrogen) atoms. The van der Waals surface area contributed by atoms with E-state index in [4.69, 9.17) is 0 Å². The van der Waals surface area contributed by atoms with Gasteiger partial charge < -0.3 is 15.1 Å². The van der Waals surface area contributed by atoms with Crippen LogP contribution in [0.5, 0.6) is 0 Å². The highest BCUT2D eigenvalue weighted by Crippen LogP contribution is 2.27. The van der Waals surface area contributed by atoms with E-state index < -0.39 is 0 Å². The van der Waals surface area contributed by atoms with Gasteiger partial charge in [-0.1, -0.05) is 0 Å². The van der Waals surface area contributed by atoms with Crippen LogP contribution in [0.3, 0.4) is 0 Å². The van der Waals surface area contributed by atoms with Gasteiger partial charge in [-0.05, 0) is 37.1 Å². The van der Waals surface area contributed by atoms with Crippen LogP contribution >= 0.6 is 0 Å². The normalized spacial score (nSPS) is 16.6. The van der Waals surface area contributed by atoms with E-state index in [-0.39, 0.29) is 12.1 Å². The maximum Gasteiger partial charge on any atom is 0.321 e. The maximum absolute atomic E-state index is 12.6. The molecule has 1 saturated heterocycles. The first-order chi connectivity index (χ1) is 12.0. The van der Waals surface area contributed by atoms with Crippen molar-refractivity contribution in [3.63, 3.8) is 0 Å². The molecule has 2 amide bonds. The first kappa shape index (κ1) is 16.8. The molecule has 0 bridgehead atoms. The number of amides is 2. The zero-order valence-electron chi connectivity index (χ0n) is 14.7. The molecule has 1 N–H and O–H groups in total. The van der Waals surface area contributed by atoms with Crippen LogP contribution in [0.25, 0.3) is 0 Å². The van der Waals surface area contributed by atoms with Crippen LogP contribution in [0.15, 0.2) is 30.6 Å². The highest BCUT2D eigenvalue weighted by Gasteiger charge is 2.28. The van der Waals surface area contributed by atoms with E-state index in [0.717, 1.165) is 17.7 Å². The van der Waals surface area contributed by atoms with E-state index in [1.165, 1.54) is 0 Å². The third-order valence-corrected chi connectivity index (χ3v) is 4.53. The Morgan fingerprint density at radius 2 is 2.24 bits per heavy atom. The molecule has 1 aliphatic rings. The van der Waals surface area contributed by atoms with Crippen LogP contribution in [0.4, 0.5) is 16.2 Å². The summed E-state index contributed by atoms with van der Waals surface area (Å²) in [6.07, 6.45) is 4.54. The number of aryl methyl sites for hydroxylation is 1. The lowest BCUT2D eigenvalue weighted by molar-refractivity contribution is 0.220. The number of carbonyl (C=O) groups excluding carboxylic acids is 1. The van der Waals surface area contributed by atoms with Crippen molar-refractivity contribution in [2.24, 2.45) is 0 Å². The summed E-state index contributed by atoms with van der Waals surface area (Å²) in [6.45, 7) is 3.26. The average molecular weight is 338 g/mol. The quantitative estimate of drug-likeness (QED) is 0.933. The van der Waals surface area contributed by atoms with Crippen molar-refractivity contribution in [2.45, 2.75) is 19.4 Å². The molecule has 0 aliphatic carbocycles. The molecule has 1 aliphatic heterocycles. The van der Waals surface area contributed by atoms with Crippen molar-refractivity contribution in [1.29, 1.82) is 5.26 Å². The van der Waals surface area contributed by atoms with Crippen molar-refractivity contribution in [1.82, 2.24) is 14.7 Å². The van der Waals surface area contributed by atoms with Gasteiger partial charge in [-0.25, -0.2) is 4.79 Å². The van der Waals surface area contributed by atoms with Gasteiger partial charge in [-0.15, -0.1) is 0 Å². The Balaban J connectivity index is 1.73. The fraction of sp³-hybridized carbons (Fsp3) is 0.389. The molecule has 3 rings (SSSR count). The van der Waals surface area contributed by atoms with Gasteiger partial charge >= 0.3 is 6.03 Å². The largest absolute Gasteiger partial charge is 0.377 e. The minimum atomic E-state index is -0.178. The molecule has 1 atom stereocenters. The summed E-state index contributed by atoms with van der Waals surface area (Å²) in [5, 5.41) is 16.6. The van der Waals surface area contributed by atoms with Gasteiger partial charge in [-0.2, -0.15) is 10.4 Å². The Kier molecular flexibility index (Phi) is 4.61. The number of nitriles is 1. The minimum absolute atomic E-state index is 0.178. The highest BCUT2D eigenvalue weighted by atomic mass is 16.2. The second-order valence-electron chi connectivity index (χ2n) is 6.50. The Labute approximate surface area is 147 Å². The van der Waals surface area contributed by atoms with Gasteiger partial charge in [0.1, 0.15) is 6.07 Å². The molecule has 7 heteroatoms.